The van der Waals surface area contributed by atoms with Crippen LogP contribution in [0.2, 0.25) is 0 Å². The van der Waals surface area contributed by atoms with E-state index in [0.29, 0.717) is 6.04 Å². The minimum atomic E-state index is 0.576. The van der Waals surface area contributed by atoms with Crippen LogP contribution in [-0.2, 0) is 6.42 Å². The normalized spacial score (nSPS) is 21.7. The molecule has 1 aliphatic heterocycles. The molecule has 2 aromatic heterocycles. The smallest absolute Gasteiger partial charge is 0.193 e. The number of likely N-dealkylation sites (N-methyl/N-ethyl adjacent to an activating group) is 1. The molecule has 1 N–H and O–H groups in total. The molecule has 3 heterocycles. The predicted molar refractivity (Wildman–Crippen MR) is 79.7 cm³/mol. The van der Waals surface area contributed by atoms with Gasteiger partial charge in [0.05, 0.1) is 5.69 Å². The number of fused-ring (bicyclic) bond motifs is 1. The van der Waals surface area contributed by atoms with Gasteiger partial charge in [-0.15, -0.1) is 11.3 Å². The molecule has 2 unspecified atom stereocenters. The van der Waals surface area contributed by atoms with Crippen LogP contribution in [0.5, 0.6) is 0 Å². The van der Waals surface area contributed by atoms with Gasteiger partial charge >= 0.3 is 0 Å². The highest BCUT2D eigenvalue weighted by molar-refractivity contribution is 8.00. The minimum absolute atomic E-state index is 0.576. The fraction of sp³-hybridized carbons (Fsp3) is 0.615. The summed E-state index contributed by atoms with van der Waals surface area (Å²) in [5, 5.41) is 6.50. The van der Waals surface area contributed by atoms with Gasteiger partial charge in [-0.25, -0.2) is 4.98 Å². The Balaban J connectivity index is 1.72. The van der Waals surface area contributed by atoms with Crippen molar-refractivity contribution in [2.45, 2.75) is 37.5 Å². The summed E-state index contributed by atoms with van der Waals surface area (Å²) >= 11 is 3.83. The molecule has 1 aliphatic rings. The second-order valence-corrected chi connectivity index (χ2v) is 6.96. The van der Waals surface area contributed by atoms with E-state index in [1.54, 1.807) is 11.3 Å². The number of aromatic nitrogens is 2. The lowest BCUT2D eigenvalue weighted by Crippen LogP contribution is -2.39. The Morgan fingerprint density at radius 1 is 1.61 bits per heavy atom. The first-order chi connectivity index (χ1) is 8.86. The highest BCUT2D eigenvalue weighted by Gasteiger charge is 2.25. The Morgan fingerprint density at radius 3 is 3.28 bits per heavy atom. The van der Waals surface area contributed by atoms with Gasteiger partial charge in [-0.3, -0.25) is 4.40 Å². The van der Waals surface area contributed by atoms with E-state index in [9.17, 15) is 0 Å². The number of rotatable bonds is 5. The second kappa shape index (κ2) is 5.63. The van der Waals surface area contributed by atoms with Crippen LogP contribution in [-0.4, -0.2) is 33.0 Å². The van der Waals surface area contributed by atoms with E-state index in [0.717, 1.165) is 23.2 Å². The molecule has 0 radical (unpaired) electrons. The second-order valence-electron chi connectivity index (χ2n) is 4.74. The van der Waals surface area contributed by atoms with Crippen molar-refractivity contribution in [2.75, 3.05) is 12.3 Å². The molecule has 0 amide bonds. The van der Waals surface area contributed by atoms with Gasteiger partial charge < -0.3 is 5.32 Å². The van der Waals surface area contributed by atoms with Crippen molar-refractivity contribution in [1.29, 1.82) is 0 Å². The van der Waals surface area contributed by atoms with E-state index in [2.05, 4.69) is 46.2 Å². The lowest BCUT2D eigenvalue weighted by molar-refractivity contribution is 0.492. The molecule has 1 saturated heterocycles. The summed E-state index contributed by atoms with van der Waals surface area (Å²) in [6.07, 6.45) is 8.04. The van der Waals surface area contributed by atoms with E-state index < -0.39 is 0 Å². The molecule has 0 aliphatic carbocycles. The van der Waals surface area contributed by atoms with Crippen LogP contribution in [0.1, 0.15) is 25.5 Å². The molecule has 3 nitrogen and oxygen atoms in total. The zero-order valence-electron chi connectivity index (χ0n) is 10.6. The van der Waals surface area contributed by atoms with E-state index in [1.165, 1.54) is 24.3 Å². The average molecular weight is 281 g/mol. The quantitative estimate of drug-likeness (QED) is 0.914. The van der Waals surface area contributed by atoms with Crippen LogP contribution in [0, 0.1) is 0 Å². The van der Waals surface area contributed by atoms with Crippen molar-refractivity contribution in [2.24, 2.45) is 0 Å². The molecular weight excluding hydrogens is 262 g/mol. The first kappa shape index (κ1) is 12.5. The number of nitrogens with zero attached hydrogens (tertiary/aromatic N) is 2. The summed E-state index contributed by atoms with van der Waals surface area (Å²) in [5.41, 5.74) is 1.22. The van der Waals surface area contributed by atoms with Gasteiger partial charge in [0.1, 0.15) is 0 Å². The van der Waals surface area contributed by atoms with Gasteiger partial charge in [0, 0.05) is 35.5 Å². The van der Waals surface area contributed by atoms with Crippen LogP contribution < -0.4 is 5.32 Å². The van der Waals surface area contributed by atoms with Crippen LogP contribution in [0.15, 0.2) is 17.8 Å². The van der Waals surface area contributed by atoms with E-state index in [1.807, 2.05) is 0 Å². The number of thioether (sulfide) groups is 1. The maximum absolute atomic E-state index is 4.70. The monoisotopic (exact) mass is 281 g/mol. The van der Waals surface area contributed by atoms with E-state index >= 15 is 0 Å². The lowest BCUT2D eigenvalue weighted by atomic mass is 10.0. The summed E-state index contributed by atoms with van der Waals surface area (Å²) in [6.45, 7) is 3.24. The standard InChI is InChI=1S/C13H19N3S2/c1-2-14-11(12-4-3-6-17-12)8-10-9-16-5-7-18-13(16)15-10/h5,7,9,11-12,14H,2-4,6,8H2,1H3. The minimum Gasteiger partial charge on any atom is -0.313 e. The van der Waals surface area contributed by atoms with Crippen molar-refractivity contribution in [3.05, 3.63) is 23.5 Å². The fourth-order valence-corrected chi connectivity index (χ4v) is 4.73. The zero-order valence-corrected chi connectivity index (χ0v) is 12.3. The SMILES string of the molecule is CCNC(Cc1cn2ccsc2n1)C1CCCS1. The first-order valence-electron chi connectivity index (χ1n) is 6.63. The third-order valence-electron chi connectivity index (χ3n) is 3.45. The number of thiazole rings is 1. The van der Waals surface area contributed by atoms with Crippen molar-refractivity contribution in [3.8, 4) is 0 Å². The average Bonchev–Trinajstić information content (AvgIpc) is 3.04. The van der Waals surface area contributed by atoms with Crippen LogP contribution in [0.25, 0.3) is 4.96 Å². The molecular formula is C13H19N3S2. The number of nitrogens with one attached hydrogen (secondary N) is 1. The van der Waals surface area contributed by atoms with Gasteiger partial charge in [0.15, 0.2) is 4.96 Å². The highest BCUT2D eigenvalue weighted by Crippen LogP contribution is 2.30. The van der Waals surface area contributed by atoms with E-state index in [-0.39, 0.29) is 0 Å². The van der Waals surface area contributed by atoms with Crippen molar-refractivity contribution in [3.63, 3.8) is 0 Å². The van der Waals surface area contributed by atoms with Gasteiger partial charge in [-0.05, 0) is 25.1 Å². The third-order valence-corrected chi connectivity index (χ3v) is 5.74. The Labute approximate surface area is 116 Å². The highest BCUT2D eigenvalue weighted by atomic mass is 32.2. The van der Waals surface area contributed by atoms with Crippen molar-refractivity contribution >= 4 is 28.1 Å². The molecule has 2 atom stereocenters. The topological polar surface area (TPSA) is 29.3 Å². The Morgan fingerprint density at radius 2 is 2.56 bits per heavy atom. The van der Waals surface area contributed by atoms with Gasteiger partial charge in [0.2, 0.25) is 0 Å². The van der Waals surface area contributed by atoms with Crippen LogP contribution >= 0.6 is 23.1 Å². The van der Waals surface area contributed by atoms with Crippen LogP contribution in [0.4, 0.5) is 0 Å². The van der Waals surface area contributed by atoms with Crippen LogP contribution in [0.3, 0.4) is 0 Å². The molecule has 3 rings (SSSR count). The summed E-state index contributed by atoms with van der Waals surface area (Å²) < 4.78 is 2.13. The molecule has 1 fully saturated rings. The molecule has 5 heteroatoms. The largest absolute Gasteiger partial charge is 0.313 e. The summed E-state index contributed by atoms with van der Waals surface area (Å²) in [5.74, 6) is 1.32. The maximum Gasteiger partial charge on any atom is 0.193 e. The molecule has 0 bridgehead atoms. The maximum atomic E-state index is 4.70. The van der Waals surface area contributed by atoms with Gasteiger partial charge in [0.25, 0.3) is 0 Å². The number of imidazole rings is 1. The molecule has 18 heavy (non-hydrogen) atoms. The zero-order chi connectivity index (χ0) is 12.4. The molecule has 98 valence electrons. The predicted octanol–water partition coefficient (Wildman–Crippen LogP) is 2.81. The van der Waals surface area contributed by atoms with Gasteiger partial charge in [-0.2, -0.15) is 11.8 Å². The third kappa shape index (κ3) is 2.58. The number of hydrogen-bond donors (Lipinski definition) is 1. The Kier molecular flexibility index (Phi) is 3.91. The molecule has 0 spiro atoms. The molecule has 0 aromatic carbocycles. The van der Waals surface area contributed by atoms with Crippen molar-refractivity contribution < 1.29 is 0 Å². The summed E-state index contributed by atoms with van der Waals surface area (Å²) in [7, 11) is 0. The molecule has 0 saturated carbocycles. The number of hydrogen-bond acceptors (Lipinski definition) is 4. The Bertz CT molecular complexity index is 471. The summed E-state index contributed by atoms with van der Waals surface area (Å²) in [6, 6.07) is 0.576. The van der Waals surface area contributed by atoms with E-state index in [4.69, 9.17) is 4.98 Å². The summed E-state index contributed by atoms with van der Waals surface area (Å²) in [4.78, 5) is 5.81. The lowest BCUT2D eigenvalue weighted by Gasteiger charge is -2.22. The first-order valence-corrected chi connectivity index (χ1v) is 8.55. The Hall–Kier alpha value is -0.520. The van der Waals surface area contributed by atoms with Gasteiger partial charge in [-0.1, -0.05) is 6.92 Å². The van der Waals surface area contributed by atoms with Crippen molar-refractivity contribution in [1.82, 2.24) is 14.7 Å². The molecule has 2 aromatic rings. The fourth-order valence-electron chi connectivity index (χ4n) is 2.62.